The molecule has 2 aromatic rings. The van der Waals surface area contributed by atoms with Gasteiger partial charge in [-0.15, -0.1) is 0 Å². The summed E-state index contributed by atoms with van der Waals surface area (Å²) in [5, 5.41) is 2.72. The maximum absolute atomic E-state index is 12.6. The molecule has 1 amide bonds. The van der Waals surface area contributed by atoms with E-state index in [1.807, 2.05) is 45.0 Å². The van der Waals surface area contributed by atoms with Crippen LogP contribution in [0.15, 0.2) is 29.1 Å². The molecule has 0 saturated carbocycles. The number of para-hydroxylation sites is 2. The summed E-state index contributed by atoms with van der Waals surface area (Å²) < 4.78 is 8.05. The fourth-order valence-electron chi connectivity index (χ4n) is 3.10. The van der Waals surface area contributed by atoms with Crippen LogP contribution in [-0.2, 0) is 27.4 Å². The molecule has 0 radical (unpaired) electrons. The fraction of sp³-hybridized carbons (Fsp3) is 0.526. The van der Waals surface area contributed by atoms with E-state index in [1.165, 1.54) is 7.11 Å². The highest BCUT2D eigenvalue weighted by atomic mass is 16.5. The molecule has 0 aliphatic rings. The number of ether oxygens (including phenoxy) is 1. The molecule has 142 valence electrons. The van der Waals surface area contributed by atoms with Gasteiger partial charge in [-0.1, -0.05) is 26.0 Å². The predicted octanol–water partition coefficient (Wildman–Crippen LogP) is 1.92. The van der Waals surface area contributed by atoms with Gasteiger partial charge in [-0.05, 0) is 31.4 Å². The average molecular weight is 361 g/mol. The van der Waals surface area contributed by atoms with Crippen LogP contribution in [0.5, 0.6) is 0 Å². The third-order valence-corrected chi connectivity index (χ3v) is 4.33. The quantitative estimate of drug-likeness (QED) is 0.728. The molecule has 1 atom stereocenters. The summed E-state index contributed by atoms with van der Waals surface area (Å²) in [6.45, 7) is 6.69. The third-order valence-electron chi connectivity index (χ3n) is 4.33. The van der Waals surface area contributed by atoms with Crippen LogP contribution >= 0.6 is 0 Å². The molecule has 26 heavy (non-hydrogen) atoms. The van der Waals surface area contributed by atoms with Crippen LogP contribution in [0.3, 0.4) is 0 Å². The standard InChI is InChI=1S/C19H27N3O4/c1-5-21-15-8-6-7-9-16(15)22(19(21)25)11-10-17(23)20-14(12-13(2)3)18(24)26-4/h6-9,13-14H,5,10-12H2,1-4H3,(H,20,23). The Hall–Kier alpha value is -2.57. The van der Waals surface area contributed by atoms with Crippen LogP contribution in [0.1, 0.15) is 33.6 Å². The zero-order chi connectivity index (χ0) is 19.3. The molecule has 0 fully saturated rings. The Morgan fingerprint density at radius 1 is 1.15 bits per heavy atom. The van der Waals surface area contributed by atoms with Crippen molar-refractivity contribution in [3.05, 3.63) is 34.7 Å². The minimum atomic E-state index is -0.666. The molecule has 7 heteroatoms. The summed E-state index contributed by atoms with van der Waals surface area (Å²) in [6, 6.07) is 6.86. The van der Waals surface area contributed by atoms with E-state index >= 15 is 0 Å². The molecule has 1 N–H and O–H groups in total. The van der Waals surface area contributed by atoms with Crippen molar-refractivity contribution >= 4 is 22.9 Å². The van der Waals surface area contributed by atoms with Crippen LogP contribution in [0, 0.1) is 5.92 Å². The molecular weight excluding hydrogens is 334 g/mol. The lowest BCUT2D eigenvalue weighted by atomic mass is 10.0. The van der Waals surface area contributed by atoms with Crippen LogP contribution < -0.4 is 11.0 Å². The van der Waals surface area contributed by atoms with E-state index in [1.54, 1.807) is 9.13 Å². The number of nitrogens with one attached hydrogen (secondary N) is 1. The molecule has 1 aromatic heterocycles. The Labute approximate surface area is 152 Å². The topological polar surface area (TPSA) is 82.3 Å². The number of esters is 1. The first kappa shape index (κ1) is 19.8. The first-order chi connectivity index (χ1) is 12.4. The van der Waals surface area contributed by atoms with Crippen LogP contribution in [0.2, 0.25) is 0 Å². The minimum Gasteiger partial charge on any atom is -0.467 e. The lowest BCUT2D eigenvalue weighted by Crippen LogP contribution is -2.42. The first-order valence-corrected chi connectivity index (χ1v) is 8.94. The normalized spacial score (nSPS) is 12.3. The van der Waals surface area contributed by atoms with Gasteiger partial charge in [-0.2, -0.15) is 0 Å². The summed E-state index contributed by atoms with van der Waals surface area (Å²) in [5.41, 5.74) is 1.53. The van der Waals surface area contributed by atoms with E-state index in [4.69, 9.17) is 4.74 Å². The number of aromatic nitrogens is 2. The molecule has 2 rings (SSSR count). The van der Waals surface area contributed by atoms with Gasteiger partial charge in [0.2, 0.25) is 5.91 Å². The Morgan fingerprint density at radius 2 is 1.77 bits per heavy atom. The van der Waals surface area contributed by atoms with Gasteiger partial charge in [0, 0.05) is 19.5 Å². The maximum atomic E-state index is 12.6. The van der Waals surface area contributed by atoms with E-state index in [-0.39, 0.29) is 30.5 Å². The van der Waals surface area contributed by atoms with Gasteiger partial charge >= 0.3 is 11.7 Å². The average Bonchev–Trinajstić information content (AvgIpc) is 2.89. The van der Waals surface area contributed by atoms with Gasteiger partial charge in [-0.25, -0.2) is 9.59 Å². The Morgan fingerprint density at radius 3 is 2.31 bits per heavy atom. The molecule has 7 nitrogen and oxygen atoms in total. The summed E-state index contributed by atoms with van der Waals surface area (Å²) >= 11 is 0. The van der Waals surface area contributed by atoms with Crippen LogP contribution in [-0.4, -0.2) is 34.2 Å². The van der Waals surface area contributed by atoms with Gasteiger partial charge in [0.05, 0.1) is 18.1 Å². The fourth-order valence-corrected chi connectivity index (χ4v) is 3.10. The Balaban J connectivity index is 2.12. The lowest BCUT2D eigenvalue weighted by molar-refractivity contribution is -0.145. The number of imidazole rings is 1. The van der Waals surface area contributed by atoms with Crippen molar-refractivity contribution in [2.45, 2.75) is 52.7 Å². The largest absolute Gasteiger partial charge is 0.467 e. The SMILES string of the molecule is CCn1c(=O)n(CCC(=O)NC(CC(C)C)C(=O)OC)c2ccccc21. The van der Waals surface area contributed by atoms with Gasteiger partial charge in [-0.3, -0.25) is 13.9 Å². The third kappa shape index (κ3) is 4.33. The maximum Gasteiger partial charge on any atom is 0.329 e. The van der Waals surface area contributed by atoms with E-state index < -0.39 is 12.0 Å². The van der Waals surface area contributed by atoms with Crippen molar-refractivity contribution in [1.29, 1.82) is 0 Å². The van der Waals surface area contributed by atoms with Gasteiger partial charge < -0.3 is 10.1 Å². The highest BCUT2D eigenvalue weighted by Gasteiger charge is 2.22. The van der Waals surface area contributed by atoms with E-state index in [0.29, 0.717) is 13.0 Å². The van der Waals surface area contributed by atoms with Gasteiger partial charge in [0.15, 0.2) is 0 Å². The highest BCUT2D eigenvalue weighted by Crippen LogP contribution is 2.13. The lowest BCUT2D eigenvalue weighted by Gasteiger charge is -2.18. The number of carbonyl (C=O) groups excluding carboxylic acids is 2. The number of hydrogen-bond donors (Lipinski definition) is 1. The van der Waals surface area contributed by atoms with Crippen molar-refractivity contribution in [2.24, 2.45) is 5.92 Å². The molecular formula is C19H27N3O4. The van der Waals surface area contributed by atoms with E-state index in [9.17, 15) is 14.4 Å². The van der Waals surface area contributed by atoms with Gasteiger partial charge in [0.25, 0.3) is 0 Å². The van der Waals surface area contributed by atoms with Crippen LogP contribution in [0.25, 0.3) is 11.0 Å². The predicted molar refractivity (Wildman–Crippen MR) is 99.9 cm³/mol. The molecule has 0 aliphatic carbocycles. The minimum absolute atomic E-state index is 0.114. The number of aryl methyl sites for hydroxylation is 2. The van der Waals surface area contributed by atoms with Crippen molar-refractivity contribution in [2.75, 3.05) is 7.11 Å². The summed E-state index contributed by atoms with van der Waals surface area (Å²) in [5.74, 6) is -0.488. The van der Waals surface area contributed by atoms with Crippen molar-refractivity contribution in [1.82, 2.24) is 14.5 Å². The second-order valence-corrected chi connectivity index (χ2v) is 6.69. The number of benzene rings is 1. The second-order valence-electron chi connectivity index (χ2n) is 6.69. The molecule has 1 heterocycles. The second kappa shape index (κ2) is 8.69. The Kier molecular flexibility index (Phi) is 6.60. The summed E-state index contributed by atoms with van der Waals surface area (Å²) in [4.78, 5) is 36.7. The Bertz CT molecular complexity index is 835. The highest BCUT2D eigenvalue weighted by molar-refractivity contribution is 5.84. The van der Waals surface area contributed by atoms with E-state index in [0.717, 1.165) is 11.0 Å². The molecule has 1 unspecified atom stereocenters. The molecule has 1 aromatic carbocycles. The van der Waals surface area contributed by atoms with Crippen molar-refractivity contribution < 1.29 is 14.3 Å². The zero-order valence-electron chi connectivity index (χ0n) is 15.8. The molecule has 0 spiro atoms. The number of nitrogens with zero attached hydrogens (tertiary/aromatic N) is 2. The number of amides is 1. The summed E-state index contributed by atoms with van der Waals surface area (Å²) in [6.07, 6.45) is 0.622. The summed E-state index contributed by atoms with van der Waals surface area (Å²) in [7, 11) is 1.31. The molecule has 0 aliphatic heterocycles. The number of methoxy groups -OCH3 is 1. The monoisotopic (exact) mass is 361 g/mol. The van der Waals surface area contributed by atoms with E-state index in [2.05, 4.69) is 5.32 Å². The molecule has 0 saturated heterocycles. The smallest absolute Gasteiger partial charge is 0.329 e. The first-order valence-electron chi connectivity index (χ1n) is 8.94. The van der Waals surface area contributed by atoms with Crippen molar-refractivity contribution in [3.63, 3.8) is 0 Å². The van der Waals surface area contributed by atoms with Crippen molar-refractivity contribution in [3.8, 4) is 0 Å². The number of fused-ring (bicyclic) bond motifs is 1. The number of rotatable bonds is 8. The van der Waals surface area contributed by atoms with Gasteiger partial charge in [0.1, 0.15) is 6.04 Å². The number of carbonyl (C=O) groups is 2. The number of hydrogen-bond acceptors (Lipinski definition) is 4. The zero-order valence-corrected chi connectivity index (χ0v) is 15.8. The molecule has 0 bridgehead atoms. The van der Waals surface area contributed by atoms with Crippen LogP contribution in [0.4, 0.5) is 0 Å².